The maximum absolute atomic E-state index is 12.9. The second-order valence-corrected chi connectivity index (χ2v) is 7.64. The van der Waals surface area contributed by atoms with Crippen molar-refractivity contribution in [1.29, 1.82) is 0 Å². The van der Waals surface area contributed by atoms with Crippen LogP contribution in [0.4, 0.5) is 5.69 Å². The maximum atomic E-state index is 12.9. The van der Waals surface area contributed by atoms with Crippen molar-refractivity contribution in [1.82, 2.24) is 4.90 Å². The van der Waals surface area contributed by atoms with E-state index in [2.05, 4.69) is 32.0 Å². The fraction of sp³-hybridized carbons (Fsp3) is 0.389. The van der Waals surface area contributed by atoms with Gasteiger partial charge in [0, 0.05) is 12.6 Å². The number of carbonyl (C=O) groups excluding carboxylic acids is 1. The first-order chi connectivity index (χ1) is 11.4. The number of nitro groups is 1. The van der Waals surface area contributed by atoms with E-state index in [0.717, 1.165) is 18.4 Å². The van der Waals surface area contributed by atoms with Crippen molar-refractivity contribution in [2.24, 2.45) is 0 Å². The van der Waals surface area contributed by atoms with Crippen LogP contribution in [0, 0.1) is 30.9 Å². The van der Waals surface area contributed by atoms with Crippen molar-refractivity contribution in [2.75, 3.05) is 6.54 Å². The zero-order chi connectivity index (χ0) is 17.4. The minimum atomic E-state index is -0.423. The molecule has 1 aromatic heterocycles. The second-order valence-electron chi connectivity index (χ2n) is 6.39. The molecule has 0 radical (unpaired) electrons. The lowest BCUT2D eigenvalue weighted by molar-refractivity contribution is -0.385. The Balaban J connectivity index is 1.91. The van der Waals surface area contributed by atoms with Gasteiger partial charge in [0.2, 0.25) is 0 Å². The number of likely N-dealkylation sites (tertiary alicyclic amines) is 1. The highest BCUT2D eigenvalue weighted by Gasteiger charge is 2.32. The van der Waals surface area contributed by atoms with Gasteiger partial charge in [-0.05, 0) is 39.2 Å². The lowest BCUT2D eigenvalue weighted by Crippen LogP contribution is -2.30. The van der Waals surface area contributed by atoms with Crippen molar-refractivity contribution in [3.8, 4) is 0 Å². The Morgan fingerprint density at radius 3 is 2.46 bits per heavy atom. The Hall–Kier alpha value is -2.21. The standard InChI is InChI=1S/C18H20N2O3S/c1-11-7-12(2)9-14(8-11)15-5-4-6-19(15)18(21)17-10-16(20(22)23)13(3)24-17/h7-10,15H,4-6H2,1-3H3. The Morgan fingerprint density at radius 1 is 1.21 bits per heavy atom. The fourth-order valence-electron chi connectivity index (χ4n) is 3.46. The van der Waals surface area contributed by atoms with Gasteiger partial charge < -0.3 is 4.90 Å². The van der Waals surface area contributed by atoms with Crippen LogP contribution in [0.3, 0.4) is 0 Å². The number of nitrogens with zero attached hydrogens (tertiary/aromatic N) is 2. The van der Waals surface area contributed by atoms with Crippen LogP contribution in [-0.2, 0) is 0 Å². The molecule has 1 aromatic carbocycles. The molecule has 3 rings (SSSR count). The number of aryl methyl sites for hydroxylation is 3. The zero-order valence-electron chi connectivity index (χ0n) is 14.0. The molecule has 0 aliphatic carbocycles. The van der Waals surface area contributed by atoms with Crippen LogP contribution < -0.4 is 0 Å². The van der Waals surface area contributed by atoms with Gasteiger partial charge in [-0.2, -0.15) is 0 Å². The molecule has 6 heteroatoms. The Kier molecular flexibility index (Phi) is 4.41. The van der Waals surface area contributed by atoms with Crippen molar-refractivity contribution < 1.29 is 9.72 Å². The van der Waals surface area contributed by atoms with Gasteiger partial charge in [-0.15, -0.1) is 11.3 Å². The molecule has 126 valence electrons. The number of benzene rings is 1. The quantitative estimate of drug-likeness (QED) is 0.606. The van der Waals surface area contributed by atoms with Gasteiger partial charge >= 0.3 is 0 Å². The Labute approximate surface area is 145 Å². The van der Waals surface area contributed by atoms with Crippen LogP contribution >= 0.6 is 11.3 Å². The third kappa shape index (κ3) is 3.06. The number of rotatable bonds is 3. The van der Waals surface area contributed by atoms with Crippen molar-refractivity contribution in [2.45, 2.75) is 39.7 Å². The van der Waals surface area contributed by atoms with Gasteiger partial charge in [0.1, 0.15) is 0 Å². The molecule has 5 nitrogen and oxygen atoms in total. The predicted octanol–water partition coefficient (Wildman–Crippen LogP) is 4.56. The molecule has 0 saturated carbocycles. The van der Waals surface area contributed by atoms with Crippen molar-refractivity contribution in [3.63, 3.8) is 0 Å². The third-order valence-corrected chi connectivity index (χ3v) is 5.47. The van der Waals surface area contributed by atoms with Crippen LogP contribution in [0.15, 0.2) is 24.3 Å². The molecule has 0 bridgehead atoms. The van der Waals surface area contributed by atoms with E-state index in [1.807, 2.05) is 4.90 Å². The molecule has 1 atom stereocenters. The summed E-state index contributed by atoms with van der Waals surface area (Å²) in [6.45, 7) is 6.50. The first-order valence-corrected chi connectivity index (χ1v) is 8.82. The third-order valence-electron chi connectivity index (χ3n) is 4.44. The van der Waals surface area contributed by atoms with E-state index in [4.69, 9.17) is 0 Å². The smallest absolute Gasteiger partial charge is 0.283 e. The average Bonchev–Trinajstić information content (AvgIpc) is 3.11. The molecular formula is C18H20N2O3S. The molecule has 24 heavy (non-hydrogen) atoms. The van der Waals surface area contributed by atoms with Gasteiger partial charge in [0.15, 0.2) is 0 Å². The first kappa shape index (κ1) is 16.6. The second kappa shape index (κ2) is 6.36. The number of thiophene rings is 1. The summed E-state index contributed by atoms with van der Waals surface area (Å²) in [5, 5.41) is 11.0. The van der Waals surface area contributed by atoms with E-state index < -0.39 is 4.92 Å². The Morgan fingerprint density at radius 2 is 1.88 bits per heavy atom. The SMILES string of the molecule is Cc1cc(C)cc(C2CCCN2C(=O)c2cc([N+](=O)[O-])c(C)s2)c1. The fourth-order valence-corrected chi connectivity index (χ4v) is 4.40. The highest BCUT2D eigenvalue weighted by atomic mass is 32.1. The number of carbonyl (C=O) groups is 1. The largest absolute Gasteiger partial charge is 0.331 e. The van der Waals surface area contributed by atoms with Gasteiger partial charge in [-0.3, -0.25) is 14.9 Å². The lowest BCUT2D eigenvalue weighted by Gasteiger charge is -2.25. The van der Waals surface area contributed by atoms with E-state index >= 15 is 0 Å². The summed E-state index contributed by atoms with van der Waals surface area (Å²) in [7, 11) is 0. The zero-order valence-corrected chi connectivity index (χ0v) is 14.9. The molecule has 2 aromatic rings. The maximum Gasteiger partial charge on any atom is 0.283 e. The van der Waals surface area contributed by atoms with E-state index in [1.54, 1.807) is 6.92 Å². The molecule has 1 saturated heterocycles. The minimum Gasteiger partial charge on any atom is -0.331 e. The van der Waals surface area contributed by atoms with Gasteiger partial charge in [0.05, 0.1) is 20.7 Å². The summed E-state index contributed by atoms with van der Waals surface area (Å²) in [6, 6.07) is 7.85. The molecule has 1 amide bonds. The Bertz CT molecular complexity index is 792. The average molecular weight is 344 g/mol. The van der Waals surface area contributed by atoms with Crippen LogP contribution in [0.25, 0.3) is 0 Å². The molecule has 1 unspecified atom stereocenters. The number of amides is 1. The number of hydrogen-bond donors (Lipinski definition) is 0. The van der Waals surface area contributed by atoms with Crippen LogP contribution in [0.2, 0.25) is 0 Å². The molecule has 1 aliphatic rings. The van der Waals surface area contributed by atoms with Crippen molar-refractivity contribution in [3.05, 3.63) is 60.8 Å². The predicted molar refractivity (Wildman–Crippen MR) is 94.6 cm³/mol. The van der Waals surface area contributed by atoms with Crippen molar-refractivity contribution >= 4 is 22.9 Å². The molecule has 0 N–H and O–H groups in total. The van der Waals surface area contributed by atoms with Crippen LogP contribution in [-0.4, -0.2) is 22.3 Å². The summed E-state index contributed by atoms with van der Waals surface area (Å²) in [6.07, 6.45) is 1.89. The topological polar surface area (TPSA) is 63.5 Å². The normalized spacial score (nSPS) is 17.3. The van der Waals surface area contributed by atoms with E-state index in [-0.39, 0.29) is 17.6 Å². The summed E-state index contributed by atoms with van der Waals surface area (Å²) < 4.78 is 0. The minimum absolute atomic E-state index is 0.0329. The molecule has 0 spiro atoms. The summed E-state index contributed by atoms with van der Waals surface area (Å²) >= 11 is 1.21. The highest BCUT2D eigenvalue weighted by Crippen LogP contribution is 2.36. The van der Waals surface area contributed by atoms with E-state index in [0.29, 0.717) is 16.3 Å². The van der Waals surface area contributed by atoms with E-state index in [9.17, 15) is 14.9 Å². The van der Waals surface area contributed by atoms with Crippen LogP contribution in [0.5, 0.6) is 0 Å². The first-order valence-electron chi connectivity index (χ1n) is 8.01. The molecule has 2 heterocycles. The van der Waals surface area contributed by atoms with Crippen LogP contribution in [0.1, 0.15) is 50.1 Å². The monoisotopic (exact) mass is 344 g/mol. The summed E-state index contributed by atoms with van der Waals surface area (Å²) in [4.78, 5) is 26.4. The highest BCUT2D eigenvalue weighted by molar-refractivity contribution is 7.14. The summed E-state index contributed by atoms with van der Waals surface area (Å²) in [5.74, 6) is -0.0992. The van der Waals surface area contributed by atoms with E-state index in [1.165, 1.54) is 28.5 Å². The molecule has 1 aliphatic heterocycles. The van der Waals surface area contributed by atoms with Gasteiger partial charge in [-0.25, -0.2) is 0 Å². The van der Waals surface area contributed by atoms with Gasteiger partial charge in [0.25, 0.3) is 11.6 Å². The molecular weight excluding hydrogens is 324 g/mol. The molecule has 1 fully saturated rings. The number of hydrogen-bond acceptors (Lipinski definition) is 4. The summed E-state index contributed by atoms with van der Waals surface area (Å²) in [5.41, 5.74) is 3.56. The van der Waals surface area contributed by atoms with Gasteiger partial charge in [-0.1, -0.05) is 29.3 Å². The lowest BCUT2D eigenvalue weighted by atomic mass is 9.99.